The number of hydrogen-bond acceptors (Lipinski definition) is 9. The summed E-state index contributed by atoms with van der Waals surface area (Å²) in [6, 6.07) is 14.5. The summed E-state index contributed by atoms with van der Waals surface area (Å²) < 4.78 is 46.7. The molecule has 0 radical (unpaired) electrons. The maximum atomic E-state index is 15.5. The average Bonchev–Trinajstić information content (AvgIpc) is 3.58. The van der Waals surface area contributed by atoms with Gasteiger partial charge >= 0.3 is 6.18 Å². The number of halogens is 7. The minimum atomic E-state index is -4.78. The first-order valence-corrected chi connectivity index (χ1v) is 20.3. The lowest BCUT2D eigenvalue weighted by Gasteiger charge is -2.51. The predicted molar refractivity (Wildman–Crippen MR) is 216 cm³/mol. The zero-order valence-electron chi connectivity index (χ0n) is 30.6. The molecule has 2 N–H and O–H groups in total. The van der Waals surface area contributed by atoms with Crippen LogP contribution in [-0.2, 0) is 30.8 Å². The zero-order chi connectivity index (χ0) is 42.5. The van der Waals surface area contributed by atoms with Crippen molar-refractivity contribution >= 4 is 96.0 Å². The molecule has 0 spiro atoms. The standard InChI is InChI=1S/C41H29Br2Cl2F3N4O7/c1-17(53)18-3-9-22(10-4-18)51-36(55)24-12-11-23-25(30(24)38(51)57)14-27-37(56)52(50-35-28(45)13-20(16-49-35)41(46,47)48)39(58)40(27,19-5-7-21(44)8-6-19)31(23)26-15-29(59-2)34(54)33(43)32(26)42/h3-11,13,15-16,24-25,27,30-31,54H,12,14H2,1-2H3,(H,49,50)/t24-,25+,27-,30-,31+,40+/m0/s1. The second kappa shape index (κ2) is 14.7. The number of aromatic nitrogens is 1. The molecule has 3 fully saturated rings. The van der Waals surface area contributed by atoms with E-state index in [0.29, 0.717) is 44.6 Å². The second-order valence-electron chi connectivity index (χ2n) is 14.7. The summed E-state index contributed by atoms with van der Waals surface area (Å²) in [4.78, 5) is 76.2. The number of allylic oxidation sites excluding steroid dienone is 2. The molecular weight excluding hydrogens is 948 g/mol. The number of carbonyl (C=O) groups excluding carboxylic acids is 5. The average molecular weight is 977 g/mol. The van der Waals surface area contributed by atoms with E-state index < -0.39 is 81.2 Å². The van der Waals surface area contributed by atoms with Gasteiger partial charge in [0.2, 0.25) is 11.8 Å². The Balaban J connectivity index is 1.33. The van der Waals surface area contributed by atoms with Crippen LogP contribution < -0.4 is 15.1 Å². The number of anilines is 2. The fourth-order valence-electron chi connectivity index (χ4n) is 9.20. The Morgan fingerprint density at radius 1 is 0.966 bits per heavy atom. The number of nitrogens with one attached hydrogen (secondary N) is 1. The van der Waals surface area contributed by atoms with Crippen LogP contribution in [0.15, 0.2) is 87.5 Å². The number of nitrogens with zero attached hydrogens (tertiary/aromatic N) is 3. The highest BCUT2D eigenvalue weighted by Gasteiger charge is 2.71. The van der Waals surface area contributed by atoms with Crippen LogP contribution >= 0.6 is 55.1 Å². The van der Waals surface area contributed by atoms with Crippen LogP contribution in [0.1, 0.15) is 52.7 Å². The van der Waals surface area contributed by atoms with E-state index in [2.05, 4.69) is 42.3 Å². The van der Waals surface area contributed by atoms with Crippen LogP contribution in [0.2, 0.25) is 10.0 Å². The van der Waals surface area contributed by atoms with Crippen molar-refractivity contribution in [1.82, 2.24) is 9.99 Å². The van der Waals surface area contributed by atoms with Gasteiger partial charge in [-0.05, 0) is 117 Å². The van der Waals surface area contributed by atoms with Gasteiger partial charge in [0.15, 0.2) is 23.1 Å². The highest BCUT2D eigenvalue weighted by molar-refractivity contribution is 9.13. The Morgan fingerprint density at radius 2 is 1.64 bits per heavy atom. The zero-order valence-corrected chi connectivity index (χ0v) is 35.3. The van der Waals surface area contributed by atoms with E-state index in [1.165, 1.54) is 44.4 Å². The topological polar surface area (TPSA) is 146 Å². The Kier molecular flexibility index (Phi) is 10.2. The predicted octanol–water partition coefficient (Wildman–Crippen LogP) is 9.04. The monoisotopic (exact) mass is 974 g/mol. The van der Waals surface area contributed by atoms with Gasteiger partial charge in [-0.2, -0.15) is 18.2 Å². The summed E-state index contributed by atoms with van der Waals surface area (Å²) in [6.07, 6.45) is -2.48. The van der Waals surface area contributed by atoms with Gasteiger partial charge in [0.05, 0.1) is 51.0 Å². The molecule has 4 aliphatic rings. The number of aromatic hydroxyl groups is 1. The van der Waals surface area contributed by atoms with Gasteiger partial charge in [-0.25, -0.2) is 4.98 Å². The molecule has 2 saturated heterocycles. The molecule has 3 heterocycles. The summed E-state index contributed by atoms with van der Waals surface area (Å²) in [5.41, 5.74) is 1.52. The summed E-state index contributed by atoms with van der Waals surface area (Å²) in [7, 11) is 1.34. The maximum Gasteiger partial charge on any atom is 0.417 e. The molecule has 2 aliphatic carbocycles. The minimum absolute atomic E-state index is 0.00841. The van der Waals surface area contributed by atoms with Crippen LogP contribution in [0.4, 0.5) is 24.7 Å². The van der Waals surface area contributed by atoms with Gasteiger partial charge in [0.25, 0.3) is 11.8 Å². The number of ether oxygens (including phenoxy) is 1. The van der Waals surface area contributed by atoms with E-state index in [-0.39, 0.29) is 44.8 Å². The molecule has 304 valence electrons. The van der Waals surface area contributed by atoms with Crippen molar-refractivity contribution in [3.8, 4) is 11.5 Å². The first-order valence-electron chi connectivity index (χ1n) is 18.0. The van der Waals surface area contributed by atoms with E-state index in [0.717, 1.165) is 4.90 Å². The summed E-state index contributed by atoms with van der Waals surface area (Å²) >= 11 is 19.7. The van der Waals surface area contributed by atoms with E-state index in [4.69, 9.17) is 27.9 Å². The quantitative estimate of drug-likeness (QED) is 0.105. The smallest absolute Gasteiger partial charge is 0.417 e. The van der Waals surface area contributed by atoms with Crippen molar-refractivity contribution in [3.05, 3.63) is 120 Å². The van der Waals surface area contributed by atoms with Crippen molar-refractivity contribution in [2.75, 3.05) is 17.4 Å². The van der Waals surface area contributed by atoms with Gasteiger partial charge in [-0.3, -0.25) is 34.3 Å². The normalized spacial score (nSPS) is 25.1. The number of alkyl halides is 3. The molecule has 18 heteroatoms. The number of hydrazine groups is 1. The lowest BCUT2D eigenvalue weighted by Crippen LogP contribution is -2.53. The number of benzene rings is 3. The summed E-state index contributed by atoms with van der Waals surface area (Å²) in [6.45, 7) is 1.40. The molecule has 6 atom stereocenters. The first kappa shape index (κ1) is 41.0. The first-order chi connectivity index (χ1) is 27.9. The van der Waals surface area contributed by atoms with Crippen molar-refractivity contribution < 1.29 is 47.0 Å². The minimum Gasteiger partial charge on any atom is -0.503 e. The molecule has 1 saturated carbocycles. The summed E-state index contributed by atoms with van der Waals surface area (Å²) in [5, 5.41) is 11.5. The number of phenols is 1. The Morgan fingerprint density at radius 3 is 2.25 bits per heavy atom. The molecular formula is C41H29Br2Cl2F3N4O7. The molecule has 11 nitrogen and oxygen atoms in total. The molecule has 4 aromatic rings. The van der Waals surface area contributed by atoms with Crippen molar-refractivity contribution in [1.29, 1.82) is 0 Å². The third kappa shape index (κ3) is 6.27. The van der Waals surface area contributed by atoms with Gasteiger partial charge < -0.3 is 9.84 Å². The number of amides is 4. The number of rotatable bonds is 7. The number of methoxy groups -OCH3 is 1. The Bertz CT molecular complexity index is 2540. The van der Waals surface area contributed by atoms with E-state index in [1.807, 2.05) is 6.08 Å². The SMILES string of the molecule is COc1cc([C@H]2C3=CC[C@@H]4C(=O)N(c5ccc(C(C)=O)cc5)C(=O)[C@@H]4[C@@H]3C[C@H]3C(=O)N(Nc4ncc(C(F)(F)F)cc4Cl)C(=O)[C@@]23c2ccc(Cl)cc2)c(Br)c(Br)c1O. The number of pyridine rings is 1. The van der Waals surface area contributed by atoms with Crippen LogP contribution in [-0.4, -0.2) is 51.6 Å². The summed E-state index contributed by atoms with van der Waals surface area (Å²) in [5.74, 6) is -8.51. The molecule has 0 bridgehead atoms. The molecule has 1 aromatic heterocycles. The van der Waals surface area contributed by atoms with Crippen molar-refractivity contribution in [2.45, 2.75) is 37.3 Å². The van der Waals surface area contributed by atoms with Crippen LogP contribution in [0.5, 0.6) is 11.5 Å². The highest BCUT2D eigenvalue weighted by Crippen LogP contribution is 2.66. The van der Waals surface area contributed by atoms with Gasteiger partial charge in [-0.1, -0.05) is 47.0 Å². The third-order valence-electron chi connectivity index (χ3n) is 11.8. The Hall–Kier alpha value is -4.77. The second-order valence-corrected chi connectivity index (χ2v) is 17.1. The third-order valence-corrected chi connectivity index (χ3v) is 14.5. The van der Waals surface area contributed by atoms with E-state index >= 15 is 4.79 Å². The molecule has 59 heavy (non-hydrogen) atoms. The lowest BCUT2D eigenvalue weighted by molar-refractivity contribution is -0.139. The number of ketones is 1. The fraction of sp³-hybridized carbons (Fsp3) is 0.268. The van der Waals surface area contributed by atoms with Crippen LogP contribution in [0.3, 0.4) is 0 Å². The van der Waals surface area contributed by atoms with Gasteiger partial charge in [0, 0.05) is 27.2 Å². The molecule has 2 aliphatic heterocycles. The van der Waals surface area contributed by atoms with E-state index in [1.54, 1.807) is 24.3 Å². The maximum absolute atomic E-state index is 15.5. The highest BCUT2D eigenvalue weighted by atomic mass is 79.9. The van der Waals surface area contributed by atoms with Gasteiger partial charge in [-0.15, -0.1) is 0 Å². The number of Topliss-reactive ketones (excluding diaryl/α,β-unsaturated/α-hetero) is 1. The van der Waals surface area contributed by atoms with Crippen molar-refractivity contribution in [3.63, 3.8) is 0 Å². The molecule has 3 aromatic carbocycles. The number of imide groups is 2. The molecule has 4 amide bonds. The van der Waals surface area contributed by atoms with Gasteiger partial charge in [0.1, 0.15) is 0 Å². The number of phenolic OH excluding ortho intramolecular Hbond substituents is 1. The van der Waals surface area contributed by atoms with Crippen molar-refractivity contribution in [2.24, 2.45) is 23.7 Å². The number of carbonyl (C=O) groups is 5. The molecule has 0 unspecified atom stereocenters. The van der Waals surface area contributed by atoms with E-state index in [9.17, 15) is 37.5 Å². The van der Waals surface area contributed by atoms with Crippen LogP contribution in [0, 0.1) is 23.7 Å². The largest absolute Gasteiger partial charge is 0.503 e. The molecule has 8 rings (SSSR count). The van der Waals surface area contributed by atoms with Crippen LogP contribution in [0.25, 0.3) is 0 Å². The Labute approximate surface area is 360 Å². The number of hydrogen-bond donors (Lipinski definition) is 2. The fourth-order valence-corrected chi connectivity index (χ4v) is 10.5. The number of fused-ring (bicyclic) bond motifs is 4. The lowest BCUT2D eigenvalue weighted by atomic mass is 9.49.